The third-order valence-corrected chi connectivity index (χ3v) is 6.13. The topological polar surface area (TPSA) is 25.2 Å². The summed E-state index contributed by atoms with van der Waals surface area (Å²) in [5.41, 5.74) is 6.30. The molecule has 4 rings (SSSR count). The summed E-state index contributed by atoms with van der Waals surface area (Å²) in [6, 6.07) is 20.2. The predicted octanol–water partition coefficient (Wildman–Crippen LogP) is 5.81. The van der Waals surface area contributed by atoms with Gasteiger partial charge in [0.1, 0.15) is 0 Å². The minimum atomic E-state index is -0.0647. The second-order valence-corrected chi connectivity index (χ2v) is 8.53. The molecule has 140 valence electrons. The van der Waals surface area contributed by atoms with Crippen molar-refractivity contribution in [2.75, 3.05) is 4.90 Å². The Kier molecular flexibility index (Phi) is 4.96. The van der Waals surface area contributed by atoms with E-state index in [9.17, 15) is 4.79 Å². The molecule has 0 N–H and O–H groups in total. The molecule has 0 radical (unpaired) electrons. The van der Waals surface area contributed by atoms with Crippen LogP contribution < -0.4 is 4.90 Å². The maximum atomic E-state index is 13.0. The van der Waals surface area contributed by atoms with Crippen LogP contribution >= 0.6 is 24.0 Å². The van der Waals surface area contributed by atoms with E-state index in [1.165, 1.54) is 11.8 Å². The number of rotatable bonds is 3. The van der Waals surface area contributed by atoms with Gasteiger partial charge in [0.05, 0.1) is 10.6 Å². The fraction of sp³-hybridized carbons (Fsp3) is 0.130. The third kappa shape index (κ3) is 3.32. The first-order valence-corrected chi connectivity index (χ1v) is 10.3. The molecule has 2 aromatic carbocycles. The number of benzene rings is 2. The Balaban J connectivity index is 1.71. The van der Waals surface area contributed by atoms with Gasteiger partial charge < -0.3 is 4.57 Å². The second kappa shape index (κ2) is 7.41. The van der Waals surface area contributed by atoms with Crippen LogP contribution in [0.1, 0.15) is 22.5 Å². The molecule has 1 amide bonds. The van der Waals surface area contributed by atoms with Crippen molar-refractivity contribution in [3.8, 4) is 5.69 Å². The Morgan fingerprint density at radius 3 is 2.36 bits per heavy atom. The van der Waals surface area contributed by atoms with Crippen molar-refractivity contribution in [3.05, 3.63) is 88.1 Å². The molecule has 3 aromatic rings. The van der Waals surface area contributed by atoms with Crippen LogP contribution in [0.2, 0.25) is 0 Å². The first-order valence-electron chi connectivity index (χ1n) is 9.04. The van der Waals surface area contributed by atoms with Crippen molar-refractivity contribution in [1.82, 2.24) is 4.57 Å². The number of carbonyl (C=O) groups is 1. The van der Waals surface area contributed by atoms with E-state index in [2.05, 4.69) is 36.6 Å². The molecule has 1 saturated heterocycles. The van der Waals surface area contributed by atoms with Crippen molar-refractivity contribution >= 4 is 46.0 Å². The highest BCUT2D eigenvalue weighted by Gasteiger charge is 2.33. The zero-order chi connectivity index (χ0) is 19.8. The normalized spacial score (nSPS) is 15.7. The molecule has 0 aliphatic carbocycles. The van der Waals surface area contributed by atoms with Gasteiger partial charge in [0, 0.05) is 17.1 Å². The molecule has 0 spiro atoms. The zero-order valence-corrected chi connectivity index (χ0v) is 17.6. The summed E-state index contributed by atoms with van der Waals surface area (Å²) < 4.78 is 2.77. The van der Waals surface area contributed by atoms with Gasteiger partial charge in [0.15, 0.2) is 4.32 Å². The zero-order valence-electron chi connectivity index (χ0n) is 16.0. The fourth-order valence-corrected chi connectivity index (χ4v) is 4.80. The number of para-hydroxylation sites is 1. The summed E-state index contributed by atoms with van der Waals surface area (Å²) in [5.74, 6) is -0.0647. The molecule has 0 unspecified atom stereocenters. The van der Waals surface area contributed by atoms with Crippen LogP contribution in [-0.4, -0.2) is 14.8 Å². The van der Waals surface area contributed by atoms with Gasteiger partial charge in [-0.1, -0.05) is 54.3 Å². The highest BCUT2D eigenvalue weighted by molar-refractivity contribution is 8.27. The number of amides is 1. The average Bonchev–Trinajstić information content (AvgIpc) is 3.11. The van der Waals surface area contributed by atoms with Gasteiger partial charge in [0.2, 0.25) is 0 Å². The van der Waals surface area contributed by atoms with Crippen LogP contribution in [0.4, 0.5) is 5.69 Å². The Bertz CT molecular complexity index is 1110. The first-order chi connectivity index (χ1) is 13.5. The standard InChI is InChI=1S/C23H20N2OS2/c1-15-8-7-11-20(12-15)25-22(26)21(28-23(25)27)14-18-13-16(2)24(17(18)3)19-9-5-4-6-10-19/h4-14H,1-3H3. The van der Waals surface area contributed by atoms with Crippen molar-refractivity contribution in [3.63, 3.8) is 0 Å². The van der Waals surface area contributed by atoms with Crippen LogP contribution in [0, 0.1) is 20.8 Å². The van der Waals surface area contributed by atoms with Crippen molar-refractivity contribution in [2.24, 2.45) is 0 Å². The minimum absolute atomic E-state index is 0.0647. The van der Waals surface area contributed by atoms with Gasteiger partial charge in [-0.2, -0.15) is 0 Å². The fourth-order valence-electron chi connectivity index (χ4n) is 3.51. The smallest absolute Gasteiger partial charge is 0.270 e. The highest BCUT2D eigenvalue weighted by atomic mass is 32.2. The summed E-state index contributed by atoms with van der Waals surface area (Å²) >= 11 is 6.86. The van der Waals surface area contributed by atoms with E-state index >= 15 is 0 Å². The van der Waals surface area contributed by atoms with Crippen LogP contribution in [0.25, 0.3) is 11.8 Å². The molecule has 28 heavy (non-hydrogen) atoms. The van der Waals surface area contributed by atoms with Gasteiger partial charge in [-0.05, 0) is 68.3 Å². The van der Waals surface area contributed by atoms with E-state index < -0.39 is 0 Å². The maximum Gasteiger partial charge on any atom is 0.270 e. The molecule has 0 saturated carbocycles. The molecule has 0 atom stereocenters. The van der Waals surface area contributed by atoms with Gasteiger partial charge in [-0.3, -0.25) is 9.69 Å². The highest BCUT2D eigenvalue weighted by Crippen LogP contribution is 2.37. The van der Waals surface area contributed by atoms with Gasteiger partial charge >= 0.3 is 0 Å². The number of aryl methyl sites for hydroxylation is 2. The lowest BCUT2D eigenvalue weighted by Crippen LogP contribution is -2.27. The number of anilines is 1. The molecule has 1 aliphatic heterocycles. The number of thiocarbonyl (C=S) groups is 1. The molecule has 0 bridgehead atoms. The molecule has 2 heterocycles. The van der Waals surface area contributed by atoms with Crippen LogP contribution in [-0.2, 0) is 4.79 Å². The van der Waals surface area contributed by atoms with Crippen molar-refractivity contribution in [1.29, 1.82) is 0 Å². The maximum absolute atomic E-state index is 13.0. The summed E-state index contributed by atoms with van der Waals surface area (Å²) in [5, 5.41) is 0. The Morgan fingerprint density at radius 1 is 0.929 bits per heavy atom. The largest absolute Gasteiger partial charge is 0.318 e. The molecular weight excluding hydrogens is 384 g/mol. The van der Waals surface area contributed by atoms with Crippen LogP contribution in [0.15, 0.2) is 65.6 Å². The minimum Gasteiger partial charge on any atom is -0.318 e. The lowest BCUT2D eigenvalue weighted by atomic mass is 10.2. The Labute approximate surface area is 174 Å². The Hall–Kier alpha value is -2.63. The lowest BCUT2D eigenvalue weighted by molar-refractivity contribution is -0.113. The molecule has 3 nitrogen and oxygen atoms in total. The van der Waals surface area contributed by atoms with E-state index in [-0.39, 0.29) is 5.91 Å². The van der Waals surface area contributed by atoms with Gasteiger partial charge in [-0.15, -0.1) is 0 Å². The number of hydrogen-bond acceptors (Lipinski definition) is 3. The van der Waals surface area contributed by atoms with Crippen LogP contribution in [0.3, 0.4) is 0 Å². The summed E-state index contributed by atoms with van der Waals surface area (Å²) in [7, 11) is 0. The Morgan fingerprint density at radius 2 is 1.64 bits per heavy atom. The molecule has 1 fully saturated rings. The van der Waals surface area contributed by atoms with Crippen LogP contribution in [0.5, 0.6) is 0 Å². The van der Waals surface area contributed by atoms with Crippen molar-refractivity contribution < 1.29 is 4.79 Å². The van der Waals surface area contributed by atoms with E-state index in [4.69, 9.17) is 12.2 Å². The van der Waals surface area contributed by atoms with E-state index in [0.29, 0.717) is 9.23 Å². The van der Waals surface area contributed by atoms with Gasteiger partial charge in [-0.25, -0.2) is 0 Å². The SMILES string of the molecule is Cc1cccc(N2C(=O)C(=Cc3cc(C)n(-c4ccccc4)c3C)SC2=S)c1. The summed E-state index contributed by atoms with van der Waals surface area (Å²) in [6.45, 7) is 6.16. The molecule has 5 heteroatoms. The molecule has 1 aliphatic rings. The first kappa shape index (κ1) is 18.7. The average molecular weight is 405 g/mol. The van der Waals surface area contributed by atoms with E-state index in [1.807, 2.05) is 55.5 Å². The second-order valence-electron chi connectivity index (χ2n) is 6.85. The third-order valence-electron chi connectivity index (χ3n) is 4.82. The predicted molar refractivity (Wildman–Crippen MR) is 122 cm³/mol. The number of thioether (sulfide) groups is 1. The monoisotopic (exact) mass is 404 g/mol. The number of nitrogens with zero attached hydrogens (tertiary/aromatic N) is 2. The molecular formula is C23H20N2OS2. The number of hydrogen-bond donors (Lipinski definition) is 0. The van der Waals surface area contributed by atoms with Gasteiger partial charge in [0.25, 0.3) is 5.91 Å². The quantitative estimate of drug-likeness (QED) is 0.407. The van der Waals surface area contributed by atoms with E-state index in [0.717, 1.165) is 33.9 Å². The van der Waals surface area contributed by atoms with E-state index in [1.54, 1.807) is 4.90 Å². The number of aromatic nitrogens is 1. The molecule has 1 aromatic heterocycles. The summed E-state index contributed by atoms with van der Waals surface area (Å²) in [6.07, 6.45) is 1.96. The lowest BCUT2D eigenvalue weighted by Gasteiger charge is -2.14. The van der Waals surface area contributed by atoms with Crippen molar-refractivity contribution in [2.45, 2.75) is 20.8 Å². The number of carbonyl (C=O) groups excluding carboxylic acids is 1. The summed E-state index contributed by atoms with van der Waals surface area (Å²) in [4.78, 5) is 15.3.